The van der Waals surface area contributed by atoms with Crippen LogP contribution in [0.3, 0.4) is 0 Å². The zero-order valence-electron chi connectivity index (χ0n) is 28.9. The highest BCUT2D eigenvalue weighted by molar-refractivity contribution is 6.36. The first-order valence-electron chi connectivity index (χ1n) is 15.7. The number of aryl methyl sites for hydroxylation is 4. The molecule has 2 atom stereocenters. The van der Waals surface area contributed by atoms with E-state index in [1.54, 1.807) is 24.6 Å². The van der Waals surface area contributed by atoms with E-state index in [0.717, 1.165) is 32.6 Å². The van der Waals surface area contributed by atoms with Gasteiger partial charge in [-0.2, -0.15) is 0 Å². The Kier molecular flexibility index (Phi) is 12.1. The summed E-state index contributed by atoms with van der Waals surface area (Å²) in [5.74, 6) is -2.13. The van der Waals surface area contributed by atoms with E-state index < -0.39 is 28.9 Å². The monoisotopic (exact) mass is 756 g/mol. The summed E-state index contributed by atoms with van der Waals surface area (Å²) in [6, 6.07) is 14.5. The number of halogens is 3. The topological polar surface area (TPSA) is 185 Å². The molecule has 3 aromatic heterocycles. The van der Waals surface area contributed by atoms with Crippen molar-refractivity contribution in [1.29, 1.82) is 0 Å². The Morgan fingerprint density at radius 1 is 0.745 bits per heavy atom. The van der Waals surface area contributed by atoms with Gasteiger partial charge in [0.25, 0.3) is 5.69 Å². The van der Waals surface area contributed by atoms with E-state index in [1.807, 2.05) is 49.9 Å². The minimum absolute atomic E-state index is 0.0550. The maximum absolute atomic E-state index is 11.2. The van der Waals surface area contributed by atoms with Crippen molar-refractivity contribution < 1.29 is 24.7 Å². The molecule has 3 heterocycles. The van der Waals surface area contributed by atoms with Gasteiger partial charge in [-0.05, 0) is 68.3 Å². The highest BCUT2D eigenvalue weighted by atomic mass is 35.5. The summed E-state index contributed by atoms with van der Waals surface area (Å²) < 4.78 is 5.79. The summed E-state index contributed by atoms with van der Waals surface area (Å²) in [5.41, 5.74) is 18.1. The standard InChI is InChI=1S/C13H14ClN3O4.C13H15ClN2O2.C10H10ClN/c1-6-7(5-9(15)13(18)19)11-8(14)3-4-10(17(20)21)12(11)16(6)2;1-7-8(6-10(15)13(17)18)12-9(14)4-3-5-11(12)16(7)2;1-7-6-8-9(11)4-3-5-10(8)12(7)2/h3-4,9H,5,15H2,1-2H3,(H,18,19);3-5,10H,6,15H2,1-2H3,(H,17,18);3-6H,1-2H3. The summed E-state index contributed by atoms with van der Waals surface area (Å²) >= 11 is 18.4. The highest BCUT2D eigenvalue weighted by Gasteiger charge is 2.26. The van der Waals surface area contributed by atoms with Gasteiger partial charge in [0.1, 0.15) is 17.6 Å². The summed E-state index contributed by atoms with van der Waals surface area (Å²) in [5, 5.41) is 33.4. The first-order valence-corrected chi connectivity index (χ1v) is 16.8. The van der Waals surface area contributed by atoms with Crippen LogP contribution in [0.25, 0.3) is 32.7 Å². The van der Waals surface area contributed by atoms with Crippen molar-refractivity contribution in [3.8, 4) is 0 Å². The second kappa shape index (κ2) is 15.7. The molecule has 15 heteroatoms. The molecule has 0 saturated heterocycles. The molecular formula is C36H39Cl3N6O6. The summed E-state index contributed by atoms with van der Waals surface area (Å²) in [7, 11) is 5.66. The number of aliphatic carboxylic acids is 2. The van der Waals surface area contributed by atoms with E-state index in [0.29, 0.717) is 32.2 Å². The van der Waals surface area contributed by atoms with Crippen LogP contribution in [0.15, 0.2) is 54.6 Å². The minimum Gasteiger partial charge on any atom is -0.480 e. The molecule has 0 radical (unpaired) electrons. The number of carboxylic acid groups (broad SMARTS) is 2. The van der Waals surface area contributed by atoms with Crippen molar-refractivity contribution in [2.45, 2.75) is 45.7 Å². The Morgan fingerprint density at radius 2 is 1.24 bits per heavy atom. The minimum atomic E-state index is -1.13. The number of nitro benzene ring substituents is 1. The van der Waals surface area contributed by atoms with Crippen LogP contribution < -0.4 is 11.5 Å². The van der Waals surface area contributed by atoms with Crippen LogP contribution in [0.5, 0.6) is 0 Å². The molecule has 0 aliphatic carbocycles. The predicted octanol–water partition coefficient (Wildman–Crippen LogP) is 7.24. The van der Waals surface area contributed by atoms with Gasteiger partial charge >= 0.3 is 11.9 Å². The lowest BCUT2D eigenvalue weighted by Gasteiger charge is -2.07. The molecule has 0 spiro atoms. The zero-order valence-corrected chi connectivity index (χ0v) is 31.1. The lowest BCUT2D eigenvalue weighted by atomic mass is 10.0. The van der Waals surface area contributed by atoms with Gasteiger partial charge in [-0.25, -0.2) is 0 Å². The van der Waals surface area contributed by atoms with E-state index in [9.17, 15) is 19.7 Å². The van der Waals surface area contributed by atoms with Crippen LogP contribution >= 0.6 is 34.8 Å². The number of nitrogens with zero attached hydrogens (tertiary/aromatic N) is 4. The van der Waals surface area contributed by atoms with Gasteiger partial charge in [0, 0.05) is 89.3 Å². The Hall–Kier alpha value is -4.59. The fraction of sp³-hybridized carbons (Fsp3) is 0.278. The van der Waals surface area contributed by atoms with Crippen LogP contribution in [0.4, 0.5) is 5.69 Å². The van der Waals surface area contributed by atoms with Gasteiger partial charge in [0.05, 0.1) is 15.0 Å². The largest absolute Gasteiger partial charge is 0.480 e. The third-order valence-corrected chi connectivity index (χ3v) is 10.2. The summed E-state index contributed by atoms with van der Waals surface area (Å²) in [4.78, 5) is 32.5. The average molecular weight is 758 g/mol. The number of fused-ring (bicyclic) bond motifs is 3. The van der Waals surface area contributed by atoms with Gasteiger partial charge < -0.3 is 35.4 Å². The SMILES string of the molecule is Cc1c(CC(N)C(=O)O)c2c(Cl)ccc([N+](=O)[O-])c2n1C.Cc1c(CC(N)C(=O)O)c2c(Cl)cccc2n1C.Cc1cc2c(Cl)cccc2n1C. The van der Waals surface area contributed by atoms with Gasteiger partial charge in [-0.15, -0.1) is 0 Å². The molecule has 3 aromatic carbocycles. The van der Waals surface area contributed by atoms with Crippen LogP contribution in [0.1, 0.15) is 28.2 Å². The predicted molar refractivity (Wildman–Crippen MR) is 203 cm³/mol. The van der Waals surface area contributed by atoms with E-state index in [4.69, 9.17) is 56.5 Å². The molecule has 51 heavy (non-hydrogen) atoms. The van der Waals surface area contributed by atoms with Crippen molar-refractivity contribution in [3.63, 3.8) is 0 Å². The second-order valence-electron chi connectivity index (χ2n) is 12.2. The van der Waals surface area contributed by atoms with Crippen LogP contribution in [-0.2, 0) is 43.6 Å². The van der Waals surface area contributed by atoms with Crippen LogP contribution in [0, 0.1) is 30.9 Å². The fourth-order valence-corrected chi connectivity index (χ4v) is 6.88. The Labute approximate surface area is 308 Å². The van der Waals surface area contributed by atoms with E-state index >= 15 is 0 Å². The quantitative estimate of drug-likeness (QED) is 0.0970. The van der Waals surface area contributed by atoms with Crippen molar-refractivity contribution in [2.75, 3.05) is 0 Å². The number of benzene rings is 3. The maximum atomic E-state index is 11.2. The maximum Gasteiger partial charge on any atom is 0.320 e. The molecule has 0 aliphatic rings. The molecule has 2 unspecified atom stereocenters. The van der Waals surface area contributed by atoms with Crippen molar-refractivity contribution >= 4 is 85.1 Å². The number of carboxylic acids is 2. The number of non-ortho nitro benzene ring substituents is 1. The molecule has 0 saturated carbocycles. The Morgan fingerprint density at radius 3 is 1.76 bits per heavy atom. The highest BCUT2D eigenvalue weighted by Crippen LogP contribution is 2.37. The second-order valence-corrected chi connectivity index (χ2v) is 13.5. The summed E-state index contributed by atoms with van der Waals surface area (Å²) in [6.07, 6.45) is 0.335. The van der Waals surface area contributed by atoms with Gasteiger partial charge in [-0.1, -0.05) is 46.9 Å². The lowest BCUT2D eigenvalue weighted by Crippen LogP contribution is -2.32. The molecule has 6 N–H and O–H groups in total. The molecule has 0 fully saturated rings. The zero-order chi connectivity index (χ0) is 38.1. The van der Waals surface area contributed by atoms with Gasteiger partial charge in [0.2, 0.25) is 0 Å². The number of hydrogen-bond donors (Lipinski definition) is 4. The molecule has 0 aliphatic heterocycles. The van der Waals surface area contributed by atoms with Crippen molar-refractivity contribution in [2.24, 2.45) is 32.6 Å². The Balaban J connectivity index is 0.000000177. The third kappa shape index (κ3) is 7.85. The van der Waals surface area contributed by atoms with Gasteiger partial charge in [-0.3, -0.25) is 19.7 Å². The van der Waals surface area contributed by atoms with Crippen LogP contribution in [0.2, 0.25) is 15.1 Å². The molecule has 6 aromatic rings. The van der Waals surface area contributed by atoms with Crippen molar-refractivity contribution in [1.82, 2.24) is 13.7 Å². The van der Waals surface area contributed by atoms with E-state index in [2.05, 4.69) is 23.6 Å². The number of aromatic nitrogens is 3. The summed E-state index contributed by atoms with van der Waals surface area (Å²) in [6.45, 7) is 5.78. The Bertz CT molecular complexity index is 2310. The number of nitrogens with two attached hydrogens (primary N) is 2. The number of nitro groups is 1. The smallest absolute Gasteiger partial charge is 0.320 e. The molecule has 0 bridgehead atoms. The molecule has 270 valence electrons. The lowest BCUT2D eigenvalue weighted by molar-refractivity contribution is -0.383. The fourth-order valence-electron chi connectivity index (χ4n) is 6.11. The van der Waals surface area contributed by atoms with E-state index in [-0.39, 0.29) is 18.5 Å². The van der Waals surface area contributed by atoms with Crippen molar-refractivity contribution in [3.05, 3.63) is 108 Å². The van der Waals surface area contributed by atoms with E-state index in [1.165, 1.54) is 23.3 Å². The third-order valence-electron chi connectivity index (χ3n) is 9.23. The number of rotatable bonds is 7. The first-order chi connectivity index (χ1) is 23.9. The molecule has 12 nitrogen and oxygen atoms in total. The average Bonchev–Trinajstić information content (AvgIpc) is 3.61. The molecular weight excluding hydrogens is 719 g/mol. The number of carbonyl (C=O) groups is 2. The normalized spacial score (nSPS) is 12.3. The van der Waals surface area contributed by atoms with Gasteiger partial charge in [0.15, 0.2) is 0 Å². The molecule has 0 amide bonds. The first kappa shape index (κ1) is 39.2. The van der Waals surface area contributed by atoms with Crippen LogP contribution in [-0.4, -0.2) is 52.9 Å². The molecule has 6 rings (SSSR count). The number of hydrogen-bond acceptors (Lipinski definition) is 6.